The number of rotatable bonds is 10. The second-order valence-corrected chi connectivity index (χ2v) is 15.3. The Labute approximate surface area is 205 Å². The highest BCUT2D eigenvalue weighted by Gasteiger charge is 2.44. The van der Waals surface area contributed by atoms with Crippen LogP contribution < -0.4 is 10.1 Å². The minimum atomic E-state index is -2.39. The minimum absolute atomic E-state index is 0.142. The van der Waals surface area contributed by atoms with Gasteiger partial charge < -0.3 is 24.0 Å². The molecule has 0 saturated heterocycles. The summed E-state index contributed by atoms with van der Waals surface area (Å²) >= 11 is 0. The van der Waals surface area contributed by atoms with E-state index in [4.69, 9.17) is 23.9 Å². The Morgan fingerprint density at radius 3 is 2.15 bits per heavy atom. The molecule has 0 radical (unpaired) electrons. The number of nitrogens with zero attached hydrogens (tertiary/aromatic N) is 1. The molecule has 1 N–H and O–H groups in total. The molecule has 0 unspecified atom stereocenters. The van der Waals surface area contributed by atoms with Crippen LogP contribution in [0, 0.1) is 11.3 Å². The molecule has 190 valence electrons. The van der Waals surface area contributed by atoms with Crippen molar-refractivity contribution in [3.05, 3.63) is 29.8 Å². The van der Waals surface area contributed by atoms with Crippen LogP contribution in [0.4, 0.5) is 4.79 Å². The number of hydrogen-bond acceptors (Lipinski definition) is 7. The molecule has 1 aromatic rings. The third kappa shape index (κ3) is 9.35. The summed E-state index contributed by atoms with van der Waals surface area (Å²) in [6.07, 6.45) is -1.25. The predicted molar refractivity (Wildman–Crippen MR) is 133 cm³/mol. The van der Waals surface area contributed by atoms with Crippen molar-refractivity contribution in [3.8, 4) is 11.8 Å². The molecule has 0 spiro atoms. The SMILES string of the molecule is CCOC(=O)[C@@H](NC(=O)OC(C)(C)C)[C@H](O[Si](C)(C)C(C)(C)C)c1ccc(OCCC#N)cc1. The van der Waals surface area contributed by atoms with Crippen LogP contribution in [0.25, 0.3) is 0 Å². The van der Waals surface area contributed by atoms with Crippen LogP contribution in [-0.2, 0) is 18.7 Å². The number of carbonyl (C=O) groups excluding carboxylic acids is 2. The molecule has 0 aromatic heterocycles. The molecule has 0 aliphatic rings. The first kappa shape index (κ1) is 29.5. The summed E-state index contributed by atoms with van der Waals surface area (Å²) in [4.78, 5) is 25.7. The van der Waals surface area contributed by atoms with Crippen molar-refractivity contribution >= 4 is 20.4 Å². The quantitative estimate of drug-likeness (QED) is 0.261. The lowest BCUT2D eigenvalue weighted by atomic mass is 10.0. The maximum atomic E-state index is 13.0. The van der Waals surface area contributed by atoms with Gasteiger partial charge in [-0.2, -0.15) is 5.26 Å². The van der Waals surface area contributed by atoms with E-state index in [1.807, 2.05) is 6.07 Å². The van der Waals surface area contributed by atoms with Crippen molar-refractivity contribution in [2.45, 2.75) is 90.8 Å². The molecule has 0 aliphatic heterocycles. The zero-order valence-electron chi connectivity index (χ0n) is 22.0. The third-order valence-corrected chi connectivity index (χ3v) is 9.89. The van der Waals surface area contributed by atoms with E-state index < -0.39 is 38.1 Å². The average Bonchev–Trinajstić information content (AvgIpc) is 2.69. The Morgan fingerprint density at radius 1 is 1.09 bits per heavy atom. The maximum Gasteiger partial charge on any atom is 0.408 e. The molecule has 2 atom stereocenters. The lowest BCUT2D eigenvalue weighted by Gasteiger charge is -2.41. The molecular weight excluding hydrogens is 452 g/mol. The fourth-order valence-electron chi connectivity index (χ4n) is 2.72. The van der Waals surface area contributed by atoms with Gasteiger partial charge in [-0.05, 0) is 63.5 Å². The van der Waals surface area contributed by atoms with Gasteiger partial charge in [0.1, 0.15) is 24.1 Å². The van der Waals surface area contributed by atoms with Crippen LogP contribution in [0.2, 0.25) is 18.1 Å². The Kier molecular flexibility index (Phi) is 10.6. The second kappa shape index (κ2) is 12.2. The molecule has 9 heteroatoms. The monoisotopic (exact) mass is 492 g/mol. The van der Waals surface area contributed by atoms with Crippen molar-refractivity contribution in [1.29, 1.82) is 5.26 Å². The van der Waals surface area contributed by atoms with Gasteiger partial charge in [-0.25, -0.2) is 9.59 Å². The number of esters is 1. The topological polar surface area (TPSA) is 107 Å². The number of carbonyl (C=O) groups is 2. The number of benzene rings is 1. The fourth-order valence-corrected chi connectivity index (χ4v) is 3.98. The van der Waals surface area contributed by atoms with Crippen molar-refractivity contribution in [2.24, 2.45) is 0 Å². The second-order valence-electron chi connectivity index (χ2n) is 10.5. The van der Waals surface area contributed by atoms with E-state index in [1.54, 1.807) is 52.0 Å². The summed E-state index contributed by atoms with van der Waals surface area (Å²) in [5.74, 6) is -0.00993. The Hall–Kier alpha value is -2.57. The van der Waals surface area contributed by atoms with Gasteiger partial charge in [0.2, 0.25) is 0 Å². The van der Waals surface area contributed by atoms with Crippen LogP contribution in [0.5, 0.6) is 5.75 Å². The molecule has 0 heterocycles. The summed E-state index contributed by atoms with van der Waals surface area (Å²) in [5, 5.41) is 11.2. The lowest BCUT2D eigenvalue weighted by molar-refractivity contribution is -0.148. The van der Waals surface area contributed by atoms with E-state index >= 15 is 0 Å². The number of alkyl carbamates (subject to hydrolysis) is 1. The first-order valence-corrected chi connectivity index (χ1v) is 14.5. The third-order valence-electron chi connectivity index (χ3n) is 5.43. The van der Waals surface area contributed by atoms with Gasteiger partial charge >= 0.3 is 12.1 Å². The molecule has 0 bridgehead atoms. The van der Waals surface area contributed by atoms with Gasteiger partial charge in [-0.3, -0.25) is 0 Å². The number of ether oxygens (including phenoxy) is 3. The van der Waals surface area contributed by atoms with Crippen molar-refractivity contribution in [2.75, 3.05) is 13.2 Å². The molecule has 0 aliphatic carbocycles. The van der Waals surface area contributed by atoms with Crippen LogP contribution in [0.1, 0.15) is 66.6 Å². The summed E-state index contributed by atoms with van der Waals surface area (Å²) in [6.45, 7) is 17.9. The van der Waals surface area contributed by atoms with Crippen LogP contribution in [0.15, 0.2) is 24.3 Å². The molecule has 0 saturated carbocycles. The zero-order chi connectivity index (χ0) is 26.2. The molecule has 1 rings (SSSR count). The highest BCUT2D eigenvalue weighted by Crippen LogP contribution is 2.41. The Balaban J connectivity index is 3.41. The molecule has 8 nitrogen and oxygen atoms in total. The van der Waals surface area contributed by atoms with Crippen molar-refractivity contribution < 1.29 is 28.2 Å². The van der Waals surface area contributed by atoms with Gasteiger partial charge in [-0.15, -0.1) is 0 Å². The molecular formula is C25H40N2O6Si. The lowest BCUT2D eigenvalue weighted by Crippen LogP contribution is -2.52. The van der Waals surface area contributed by atoms with Crippen molar-refractivity contribution in [1.82, 2.24) is 5.32 Å². The number of hydrogen-bond donors (Lipinski definition) is 1. The van der Waals surface area contributed by atoms with Gasteiger partial charge in [0, 0.05) is 0 Å². The normalized spacial score (nSPS) is 13.9. The molecule has 1 amide bonds. The van der Waals surface area contributed by atoms with E-state index in [1.165, 1.54) is 0 Å². The molecule has 34 heavy (non-hydrogen) atoms. The Morgan fingerprint density at radius 2 is 1.68 bits per heavy atom. The predicted octanol–water partition coefficient (Wildman–Crippen LogP) is 5.50. The molecule has 0 fully saturated rings. The highest BCUT2D eigenvalue weighted by atomic mass is 28.4. The number of nitrogens with one attached hydrogen (secondary N) is 1. The molecule has 1 aromatic carbocycles. The van der Waals surface area contributed by atoms with Gasteiger partial charge in [-0.1, -0.05) is 32.9 Å². The minimum Gasteiger partial charge on any atom is -0.493 e. The average molecular weight is 493 g/mol. The van der Waals surface area contributed by atoms with E-state index in [9.17, 15) is 9.59 Å². The number of nitriles is 1. The van der Waals surface area contributed by atoms with Gasteiger partial charge in [0.25, 0.3) is 0 Å². The first-order valence-electron chi connectivity index (χ1n) is 11.5. The van der Waals surface area contributed by atoms with E-state index in [0.717, 1.165) is 0 Å². The standard InChI is InChI=1S/C25H40N2O6Si/c1-10-30-22(28)20(27-23(29)32-24(2,3)4)21(33-34(8,9)25(5,6)7)18-12-14-19(15-13-18)31-17-11-16-26/h12-15,20-21H,10-11,17H2,1-9H3,(H,27,29)/t20-,21+/m0/s1. The summed E-state index contributed by atoms with van der Waals surface area (Å²) in [5.41, 5.74) is -0.0480. The smallest absolute Gasteiger partial charge is 0.408 e. The summed E-state index contributed by atoms with van der Waals surface area (Å²) in [6, 6.07) is 8.02. The maximum absolute atomic E-state index is 13.0. The summed E-state index contributed by atoms with van der Waals surface area (Å²) < 4.78 is 22.9. The zero-order valence-corrected chi connectivity index (χ0v) is 23.0. The first-order chi connectivity index (χ1) is 15.6. The van der Waals surface area contributed by atoms with Gasteiger partial charge in [0.15, 0.2) is 14.4 Å². The van der Waals surface area contributed by atoms with E-state index in [-0.39, 0.29) is 24.7 Å². The van der Waals surface area contributed by atoms with E-state index in [2.05, 4.69) is 39.2 Å². The van der Waals surface area contributed by atoms with E-state index in [0.29, 0.717) is 11.3 Å². The Bertz CT molecular complexity index is 850. The van der Waals surface area contributed by atoms with Crippen LogP contribution in [0.3, 0.4) is 0 Å². The van der Waals surface area contributed by atoms with Crippen LogP contribution in [-0.4, -0.2) is 45.2 Å². The highest BCUT2D eigenvalue weighted by molar-refractivity contribution is 6.74. The largest absolute Gasteiger partial charge is 0.493 e. The van der Waals surface area contributed by atoms with Gasteiger partial charge in [0.05, 0.1) is 19.1 Å². The summed E-state index contributed by atoms with van der Waals surface area (Å²) in [7, 11) is -2.39. The van der Waals surface area contributed by atoms with Crippen molar-refractivity contribution in [3.63, 3.8) is 0 Å². The van der Waals surface area contributed by atoms with Crippen LogP contribution >= 0.6 is 0 Å². The fraction of sp³-hybridized carbons (Fsp3) is 0.640. The number of amides is 1.